The second-order valence-corrected chi connectivity index (χ2v) is 1.79. The third kappa shape index (κ3) is 1.22. The van der Waals surface area contributed by atoms with E-state index < -0.39 is 0 Å². The van der Waals surface area contributed by atoms with Crippen molar-refractivity contribution < 1.29 is 0 Å². The summed E-state index contributed by atoms with van der Waals surface area (Å²) in [7, 11) is 0. The van der Waals surface area contributed by atoms with E-state index in [9.17, 15) is 4.91 Å². The van der Waals surface area contributed by atoms with Crippen LogP contribution in [-0.2, 0) is 0 Å². The largest absolute Gasteiger partial charge is 0.397 e. The Labute approximate surface area is 58.0 Å². The number of hydrogen-bond donors (Lipinski definition) is 2. The number of benzene rings is 1. The van der Waals surface area contributed by atoms with E-state index in [0.717, 1.165) is 0 Å². The average Bonchev–Trinajstić information content (AvgIpc) is 1.94. The normalized spacial score (nSPS) is 8.80. The van der Waals surface area contributed by atoms with Gasteiger partial charge in [-0.15, -0.1) is 4.91 Å². The van der Waals surface area contributed by atoms with E-state index >= 15 is 0 Å². The monoisotopic (exact) mass is 137 g/mol. The van der Waals surface area contributed by atoms with Crippen LogP contribution in [0.5, 0.6) is 0 Å². The van der Waals surface area contributed by atoms with Crippen molar-refractivity contribution in [1.82, 2.24) is 0 Å². The highest BCUT2D eigenvalue weighted by molar-refractivity contribution is 5.64. The summed E-state index contributed by atoms with van der Waals surface area (Å²) in [6, 6.07) is 6.92. The van der Waals surface area contributed by atoms with E-state index in [-0.39, 0.29) is 0 Å². The van der Waals surface area contributed by atoms with E-state index in [2.05, 4.69) is 10.7 Å². The minimum Gasteiger partial charge on any atom is -0.397 e. The summed E-state index contributed by atoms with van der Waals surface area (Å²) in [5.74, 6) is 0. The van der Waals surface area contributed by atoms with Gasteiger partial charge < -0.3 is 5.73 Å². The molecule has 0 spiro atoms. The highest BCUT2D eigenvalue weighted by Gasteiger charge is 1.92. The Morgan fingerprint density at radius 2 is 2.10 bits per heavy atom. The van der Waals surface area contributed by atoms with Crippen LogP contribution in [-0.4, -0.2) is 0 Å². The molecule has 10 heavy (non-hydrogen) atoms. The van der Waals surface area contributed by atoms with Crippen LogP contribution in [0.15, 0.2) is 29.6 Å². The van der Waals surface area contributed by atoms with Crippen LogP contribution in [0.3, 0.4) is 0 Å². The molecule has 1 aromatic rings. The first-order valence-electron chi connectivity index (χ1n) is 2.77. The minimum absolute atomic E-state index is 0.516. The van der Waals surface area contributed by atoms with Gasteiger partial charge in [0.2, 0.25) is 0 Å². The van der Waals surface area contributed by atoms with Crippen LogP contribution in [0.25, 0.3) is 0 Å². The molecule has 0 radical (unpaired) electrons. The quantitative estimate of drug-likeness (QED) is 0.367. The standard InChI is InChI=1S/C6H7N3O/c7-5-3-1-2-4-6(5)8-9-10/h1-4H,7H2,(H,8,10). The summed E-state index contributed by atoms with van der Waals surface area (Å²) in [6.07, 6.45) is 0. The van der Waals surface area contributed by atoms with Gasteiger partial charge in [-0.05, 0) is 12.1 Å². The molecule has 1 rings (SSSR count). The molecule has 0 fully saturated rings. The van der Waals surface area contributed by atoms with Gasteiger partial charge in [0.25, 0.3) is 0 Å². The van der Waals surface area contributed by atoms with Gasteiger partial charge in [0.05, 0.1) is 16.7 Å². The van der Waals surface area contributed by atoms with Crippen molar-refractivity contribution in [2.24, 2.45) is 5.29 Å². The van der Waals surface area contributed by atoms with Gasteiger partial charge in [-0.1, -0.05) is 12.1 Å². The van der Waals surface area contributed by atoms with E-state index in [0.29, 0.717) is 11.4 Å². The molecule has 4 heteroatoms. The van der Waals surface area contributed by atoms with Crippen molar-refractivity contribution in [1.29, 1.82) is 0 Å². The predicted molar refractivity (Wildman–Crippen MR) is 40.3 cm³/mol. The fourth-order valence-corrected chi connectivity index (χ4v) is 0.648. The summed E-state index contributed by atoms with van der Waals surface area (Å²) in [5.41, 5.74) is 8.72. The van der Waals surface area contributed by atoms with Gasteiger partial charge in [0, 0.05) is 0 Å². The molecule has 4 nitrogen and oxygen atoms in total. The number of nitroso groups, excluding NO2 is 1. The van der Waals surface area contributed by atoms with Crippen LogP contribution < -0.4 is 11.2 Å². The van der Waals surface area contributed by atoms with Crippen LogP contribution in [0.2, 0.25) is 0 Å². The van der Waals surface area contributed by atoms with Gasteiger partial charge in [0.1, 0.15) is 0 Å². The van der Waals surface area contributed by atoms with Crippen molar-refractivity contribution in [2.75, 3.05) is 11.2 Å². The number of hydrogen-bond acceptors (Lipinski definition) is 3. The van der Waals surface area contributed by atoms with Crippen molar-refractivity contribution in [3.8, 4) is 0 Å². The molecule has 0 aliphatic rings. The Balaban J connectivity index is 2.91. The Bertz CT molecular complexity index is 236. The summed E-state index contributed by atoms with van der Waals surface area (Å²) in [6.45, 7) is 0. The number of para-hydroxylation sites is 2. The zero-order valence-corrected chi connectivity index (χ0v) is 5.24. The Kier molecular flexibility index (Phi) is 1.84. The van der Waals surface area contributed by atoms with E-state index in [1.807, 2.05) is 0 Å². The number of nitrogens with zero attached hydrogens (tertiary/aromatic N) is 1. The van der Waals surface area contributed by atoms with Gasteiger partial charge >= 0.3 is 0 Å². The molecule has 0 bridgehead atoms. The molecule has 0 saturated carbocycles. The molecule has 3 N–H and O–H groups in total. The molecule has 0 aliphatic heterocycles. The molecule has 0 saturated heterocycles. The van der Waals surface area contributed by atoms with Crippen molar-refractivity contribution in [3.05, 3.63) is 29.2 Å². The lowest BCUT2D eigenvalue weighted by Gasteiger charge is -1.98. The summed E-state index contributed by atoms with van der Waals surface area (Å²) >= 11 is 0. The summed E-state index contributed by atoms with van der Waals surface area (Å²) in [5, 5.41) is 2.49. The molecular weight excluding hydrogens is 130 g/mol. The Morgan fingerprint density at radius 3 is 2.70 bits per heavy atom. The van der Waals surface area contributed by atoms with Crippen molar-refractivity contribution >= 4 is 11.4 Å². The average molecular weight is 137 g/mol. The Morgan fingerprint density at radius 1 is 1.40 bits per heavy atom. The zero-order chi connectivity index (χ0) is 7.40. The maximum atomic E-state index is 9.71. The Hall–Kier alpha value is -1.58. The van der Waals surface area contributed by atoms with Crippen molar-refractivity contribution in [2.45, 2.75) is 0 Å². The first-order chi connectivity index (χ1) is 4.84. The maximum Gasteiger partial charge on any atom is 0.0823 e. The van der Waals surface area contributed by atoms with Gasteiger partial charge in [-0.2, -0.15) is 0 Å². The highest BCUT2D eigenvalue weighted by Crippen LogP contribution is 2.15. The van der Waals surface area contributed by atoms with Gasteiger partial charge in [-0.25, -0.2) is 5.43 Å². The summed E-state index contributed by atoms with van der Waals surface area (Å²) < 4.78 is 0. The minimum atomic E-state index is 0.516. The number of rotatable bonds is 2. The van der Waals surface area contributed by atoms with Crippen LogP contribution in [0, 0.1) is 4.91 Å². The van der Waals surface area contributed by atoms with Crippen LogP contribution in [0.4, 0.5) is 11.4 Å². The predicted octanol–water partition coefficient (Wildman–Crippen LogP) is 1.36. The van der Waals surface area contributed by atoms with Crippen LogP contribution >= 0.6 is 0 Å². The smallest absolute Gasteiger partial charge is 0.0823 e. The number of nitrogens with one attached hydrogen (secondary N) is 1. The number of nitrogens with two attached hydrogens (primary N) is 1. The fraction of sp³-hybridized carbons (Fsp3) is 0. The topological polar surface area (TPSA) is 67.5 Å². The third-order valence-electron chi connectivity index (χ3n) is 1.13. The number of anilines is 2. The molecule has 0 atom stereocenters. The van der Waals surface area contributed by atoms with E-state index in [1.165, 1.54) is 0 Å². The molecule has 0 aliphatic carbocycles. The maximum absolute atomic E-state index is 9.71. The van der Waals surface area contributed by atoms with E-state index in [1.54, 1.807) is 24.3 Å². The molecule has 52 valence electrons. The highest BCUT2D eigenvalue weighted by atomic mass is 16.3. The first kappa shape index (κ1) is 6.54. The molecule has 0 heterocycles. The molecule has 0 aromatic heterocycles. The molecule has 0 amide bonds. The lowest BCUT2D eigenvalue weighted by atomic mass is 10.3. The van der Waals surface area contributed by atoms with Gasteiger partial charge in [0.15, 0.2) is 0 Å². The zero-order valence-electron chi connectivity index (χ0n) is 5.24. The van der Waals surface area contributed by atoms with E-state index in [4.69, 9.17) is 5.73 Å². The molecule has 0 unspecified atom stereocenters. The fourth-order valence-electron chi connectivity index (χ4n) is 0.648. The lowest BCUT2D eigenvalue weighted by Crippen LogP contribution is -1.92. The van der Waals surface area contributed by atoms with Gasteiger partial charge in [-0.3, -0.25) is 0 Å². The molecule has 1 aromatic carbocycles. The summed E-state index contributed by atoms with van der Waals surface area (Å²) in [4.78, 5) is 9.71. The molecular formula is C6H7N3O. The second-order valence-electron chi connectivity index (χ2n) is 1.79. The second kappa shape index (κ2) is 2.82. The van der Waals surface area contributed by atoms with Crippen LogP contribution in [0.1, 0.15) is 0 Å². The number of nitrogen functional groups attached to an aromatic ring is 1. The first-order valence-corrected chi connectivity index (χ1v) is 2.77. The lowest BCUT2D eigenvalue weighted by molar-refractivity contribution is 1.32. The third-order valence-corrected chi connectivity index (χ3v) is 1.13. The van der Waals surface area contributed by atoms with Crippen molar-refractivity contribution in [3.63, 3.8) is 0 Å². The SMILES string of the molecule is Nc1ccccc1NN=O.